The summed E-state index contributed by atoms with van der Waals surface area (Å²) in [7, 11) is 1.60. The lowest BCUT2D eigenvalue weighted by Crippen LogP contribution is -2.37. The van der Waals surface area contributed by atoms with Crippen LogP contribution in [0, 0.1) is 9.49 Å². The molecule has 0 spiro atoms. The molecule has 1 N–H and O–H groups in total. The Balaban J connectivity index is 1.71. The van der Waals surface area contributed by atoms with Crippen molar-refractivity contribution in [1.82, 2.24) is 4.90 Å². The molecule has 0 aliphatic carbocycles. The second-order valence-electron chi connectivity index (χ2n) is 6.86. The Bertz CT molecular complexity index is 845. The lowest BCUT2D eigenvalue weighted by Gasteiger charge is -2.30. The highest BCUT2D eigenvalue weighted by Crippen LogP contribution is 2.23. The number of nitrogens with one attached hydrogen (secondary N) is 1. The molecular formula is C21H23IN2O3. The quantitative estimate of drug-likeness (QED) is 0.662. The van der Waals surface area contributed by atoms with Gasteiger partial charge in [-0.05, 0) is 77.7 Å². The number of methoxy groups -OCH3 is 1. The Morgan fingerprint density at radius 2 is 1.85 bits per heavy atom. The number of rotatable bonds is 4. The van der Waals surface area contributed by atoms with Crippen LogP contribution in [0.2, 0.25) is 0 Å². The van der Waals surface area contributed by atoms with Crippen LogP contribution in [0.5, 0.6) is 5.75 Å². The summed E-state index contributed by atoms with van der Waals surface area (Å²) in [5.74, 6) is 1.21. The largest absolute Gasteiger partial charge is 0.496 e. The molecule has 0 bridgehead atoms. The first-order valence-corrected chi connectivity index (χ1v) is 10.1. The van der Waals surface area contributed by atoms with Crippen molar-refractivity contribution in [3.05, 3.63) is 57.2 Å². The van der Waals surface area contributed by atoms with Gasteiger partial charge in [0.2, 0.25) is 0 Å². The van der Waals surface area contributed by atoms with E-state index in [1.807, 2.05) is 4.90 Å². The lowest BCUT2D eigenvalue weighted by molar-refractivity contribution is 0.0697. The molecule has 3 rings (SSSR count). The molecule has 0 aromatic heterocycles. The molecule has 0 radical (unpaired) electrons. The van der Waals surface area contributed by atoms with Crippen molar-refractivity contribution in [2.75, 3.05) is 25.5 Å². The van der Waals surface area contributed by atoms with Gasteiger partial charge in [-0.1, -0.05) is 13.0 Å². The predicted molar refractivity (Wildman–Crippen MR) is 114 cm³/mol. The minimum absolute atomic E-state index is 0.0250. The molecule has 142 valence electrons. The van der Waals surface area contributed by atoms with Gasteiger partial charge in [0.05, 0.1) is 10.7 Å². The van der Waals surface area contributed by atoms with Crippen LogP contribution >= 0.6 is 22.6 Å². The second-order valence-corrected chi connectivity index (χ2v) is 8.02. The van der Waals surface area contributed by atoms with E-state index in [9.17, 15) is 9.59 Å². The van der Waals surface area contributed by atoms with E-state index >= 15 is 0 Å². The molecule has 0 atom stereocenters. The molecular weight excluding hydrogens is 455 g/mol. The van der Waals surface area contributed by atoms with Gasteiger partial charge in [-0.25, -0.2) is 0 Å². The highest BCUT2D eigenvalue weighted by Gasteiger charge is 2.21. The second kappa shape index (κ2) is 8.73. The first-order valence-electron chi connectivity index (χ1n) is 9.02. The van der Waals surface area contributed by atoms with Crippen molar-refractivity contribution < 1.29 is 14.3 Å². The minimum atomic E-state index is -0.216. The number of hydrogen-bond acceptors (Lipinski definition) is 3. The van der Waals surface area contributed by atoms with Crippen molar-refractivity contribution >= 4 is 40.1 Å². The minimum Gasteiger partial charge on any atom is -0.496 e. The van der Waals surface area contributed by atoms with E-state index in [2.05, 4.69) is 34.8 Å². The maximum Gasteiger partial charge on any atom is 0.255 e. The Morgan fingerprint density at radius 1 is 1.11 bits per heavy atom. The topological polar surface area (TPSA) is 58.6 Å². The van der Waals surface area contributed by atoms with E-state index in [0.717, 1.165) is 35.3 Å². The molecule has 2 aromatic rings. The Morgan fingerprint density at radius 3 is 2.52 bits per heavy atom. The molecule has 0 saturated carbocycles. The summed E-state index contributed by atoms with van der Waals surface area (Å²) < 4.78 is 6.09. The number of ether oxygens (including phenoxy) is 1. The van der Waals surface area contributed by atoms with E-state index in [4.69, 9.17) is 4.74 Å². The summed E-state index contributed by atoms with van der Waals surface area (Å²) in [4.78, 5) is 27.2. The molecule has 6 heteroatoms. The van der Waals surface area contributed by atoms with Crippen molar-refractivity contribution in [3.8, 4) is 5.75 Å². The molecule has 27 heavy (non-hydrogen) atoms. The normalized spacial score (nSPS) is 14.7. The Labute approximate surface area is 173 Å². The van der Waals surface area contributed by atoms with Gasteiger partial charge in [-0.2, -0.15) is 0 Å². The van der Waals surface area contributed by atoms with E-state index in [1.54, 1.807) is 49.6 Å². The number of carbonyl (C=O) groups excluding carboxylic acids is 2. The van der Waals surface area contributed by atoms with Crippen LogP contribution in [0.25, 0.3) is 0 Å². The van der Waals surface area contributed by atoms with Gasteiger partial charge < -0.3 is 15.0 Å². The lowest BCUT2D eigenvalue weighted by atomic mass is 9.98. The number of likely N-dealkylation sites (tertiary alicyclic amines) is 1. The van der Waals surface area contributed by atoms with Gasteiger partial charge in [0.15, 0.2) is 0 Å². The monoisotopic (exact) mass is 478 g/mol. The van der Waals surface area contributed by atoms with Gasteiger partial charge in [-0.3, -0.25) is 9.59 Å². The van der Waals surface area contributed by atoms with Gasteiger partial charge >= 0.3 is 0 Å². The standard InChI is InChI=1S/C21H23IN2O3/c1-14-8-10-24(11-9-14)21(26)16-4-3-5-17(12-16)23-20(25)15-6-7-19(27-2)18(22)13-15/h3-7,12-14H,8-11H2,1-2H3,(H,23,25). The summed E-state index contributed by atoms with van der Waals surface area (Å²) in [6.07, 6.45) is 2.08. The van der Waals surface area contributed by atoms with Crippen LogP contribution < -0.4 is 10.1 Å². The molecule has 2 amide bonds. The zero-order chi connectivity index (χ0) is 19.4. The van der Waals surface area contributed by atoms with Crippen molar-refractivity contribution in [3.63, 3.8) is 0 Å². The number of benzene rings is 2. The number of amides is 2. The van der Waals surface area contributed by atoms with Crippen LogP contribution in [0.15, 0.2) is 42.5 Å². The molecule has 1 aliphatic rings. The number of carbonyl (C=O) groups is 2. The Kier molecular flexibility index (Phi) is 6.36. The number of piperidine rings is 1. The van der Waals surface area contributed by atoms with E-state index < -0.39 is 0 Å². The third-order valence-corrected chi connectivity index (χ3v) is 5.70. The number of anilines is 1. The number of nitrogens with zero attached hydrogens (tertiary/aromatic N) is 1. The molecule has 0 unspecified atom stereocenters. The number of hydrogen-bond donors (Lipinski definition) is 1. The molecule has 2 aromatic carbocycles. The molecule has 5 nitrogen and oxygen atoms in total. The van der Waals surface area contributed by atoms with Crippen LogP contribution in [-0.2, 0) is 0 Å². The predicted octanol–water partition coefficient (Wildman–Crippen LogP) is 4.42. The fourth-order valence-electron chi connectivity index (χ4n) is 3.14. The molecule has 1 fully saturated rings. The van der Waals surface area contributed by atoms with Gasteiger partial charge in [-0.15, -0.1) is 0 Å². The number of halogens is 1. The highest BCUT2D eigenvalue weighted by molar-refractivity contribution is 14.1. The van der Waals surface area contributed by atoms with Crippen LogP contribution in [0.4, 0.5) is 5.69 Å². The van der Waals surface area contributed by atoms with Gasteiger partial charge in [0.25, 0.3) is 11.8 Å². The Hall–Kier alpha value is -2.09. The third kappa shape index (κ3) is 4.80. The zero-order valence-corrected chi connectivity index (χ0v) is 17.7. The summed E-state index contributed by atoms with van der Waals surface area (Å²) in [5.41, 5.74) is 1.76. The van der Waals surface area contributed by atoms with Crippen molar-refractivity contribution in [2.45, 2.75) is 19.8 Å². The molecule has 1 heterocycles. The van der Waals surface area contributed by atoms with E-state index in [1.165, 1.54) is 0 Å². The maximum absolute atomic E-state index is 12.7. The highest BCUT2D eigenvalue weighted by atomic mass is 127. The first-order chi connectivity index (χ1) is 13.0. The summed E-state index contributed by atoms with van der Waals surface area (Å²) in [6, 6.07) is 12.4. The first kappa shape index (κ1) is 19.7. The maximum atomic E-state index is 12.7. The van der Waals surface area contributed by atoms with E-state index in [0.29, 0.717) is 22.7 Å². The smallest absolute Gasteiger partial charge is 0.255 e. The van der Waals surface area contributed by atoms with Crippen LogP contribution in [-0.4, -0.2) is 36.9 Å². The summed E-state index contributed by atoms with van der Waals surface area (Å²) >= 11 is 2.14. The fourth-order valence-corrected chi connectivity index (χ4v) is 3.87. The van der Waals surface area contributed by atoms with Crippen molar-refractivity contribution in [2.24, 2.45) is 5.92 Å². The SMILES string of the molecule is COc1ccc(C(=O)Nc2cccc(C(=O)N3CCC(C)CC3)c2)cc1I. The van der Waals surface area contributed by atoms with E-state index in [-0.39, 0.29) is 11.8 Å². The third-order valence-electron chi connectivity index (χ3n) is 4.85. The zero-order valence-electron chi connectivity index (χ0n) is 15.5. The van der Waals surface area contributed by atoms with Crippen LogP contribution in [0.1, 0.15) is 40.5 Å². The van der Waals surface area contributed by atoms with Crippen molar-refractivity contribution in [1.29, 1.82) is 0 Å². The molecule has 1 aliphatic heterocycles. The van der Waals surface area contributed by atoms with Crippen LogP contribution in [0.3, 0.4) is 0 Å². The average molecular weight is 478 g/mol. The summed E-state index contributed by atoms with van der Waals surface area (Å²) in [6.45, 7) is 3.81. The summed E-state index contributed by atoms with van der Waals surface area (Å²) in [5, 5.41) is 2.87. The fraction of sp³-hybridized carbons (Fsp3) is 0.333. The average Bonchev–Trinajstić information content (AvgIpc) is 2.68. The van der Waals surface area contributed by atoms with Gasteiger partial charge in [0, 0.05) is 29.9 Å². The van der Waals surface area contributed by atoms with Gasteiger partial charge in [0.1, 0.15) is 5.75 Å². The molecule has 1 saturated heterocycles.